The van der Waals surface area contributed by atoms with Crippen LogP contribution in [0.25, 0.3) is 0 Å². The molecule has 1 heteroatoms. The van der Waals surface area contributed by atoms with Gasteiger partial charge in [-0.1, -0.05) is 49.6 Å². The van der Waals surface area contributed by atoms with Crippen molar-refractivity contribution in [2.45, 2.75) is 45.1 Å². The molecule has 15 heavy (non-hydrogen) atoms. The summed E-state index contributed by atoms with van der Waals surface area (Å²) in [5.74, 6) is 0.382. The lowest BCUT2D eigenvalue weighted by molar-refractivity contribution is -0.0470. The molecule has 1 saturated carbocycles. The summed E-state index contributed by atoms with van der Waals surface area (Å²) < 4.78 is 0. The number of rotatable bonds is 1. The summed E-state index contributed by atoms with van der Waals surface area (Å²) in [6.45, 7) is 4.25. The second-order valence-electron chi connectivity index (χ2n) is 4.94. The molecule has 1 nitrogen and oxygen atoms in total. The van der Waals surface area contributed by atoms with E-state index in [1.54, 1.807) is 0 Å². The quantitative estimate of drug-likeness (QED) is 0.743. The predicted molar refractivity (Wildman–Crippen MR) is 62.7 cm³/mol. The van der Waals surface area contributed by atoms with Gasteiger partial charge in [-0.05, 0) is 31.2 Å². The Labute approximate surface area is 92.1 Å². The SMILES string of the molecule is Cc1cccc([C@]2(O)CCCC[C@@H]2C)c1. The van der Waals surface area contributed by atoms with Gasteiger partial charge in [0.2, 0.25) is 0 Å². The molecule has 0 bridgehead atoms. The summed E-state index contributed by atoms with van der Waals surface area (Å²) in [5, 5.41) is 10.7. The topological polar surface area (TPSA) is 20.2 Å². The third-order valence-corrected chi connectivity index (χ3v) is 3.78. The zero-order chi connectivity index (χ0) is 10.9. The molecule has 1 aliphatic carbocycles. The maximum Gasteiger partial charge on any atom is 0.0922 e. The van der Waals surface area contributed by atoms with Crippen LogP contribution in [-0.4, -0.2) is 5.11 Å². The highest BCUT2D eigenvalue weighted by Gasteiger charge is 2.37. The van der Waals surface area contributed by atoms with Gasteiger partial charge in [-0.25, -0.2) is 0 Å². The first kappa shape index (κ1) is 10.7. The van der Waals surface area contributed by atoms with E-state index in [1.165, 1.54) is 12.0 Å². The molecule has 0 heterocycles. The molecule has 0 amide bonds. The number of hydrogen-bond donors (Lipinski definition) is 1. The van der Waals surface area contributed by atoms with Gasteiger partial charge in [-0.2, -0.15) is 0 Å². The van der Waals surface area contributed by atoms with Crippen molar-refractivity contribution >= 4 is 0 Å². The van der Waals surface area contributed by atoms with E-state index in [0.717, 1.165) is 24.8 Å². The second kappa shape index (κ2) is 3.97. The van der Waals surface area contributed by atoms with Crippen molar-refractivity contribution in [2.24, 2.45) is 5.92 Å². The Morgan fingerprint density at radius 1 is 1.33 bits per heavy atom. The van der Waals surface area contributed by atoms with E-state index in [4.69, 9.17) is 0 Å². The molecule has 0 saturated heterocycles. The van der Waals surface area contributed by atoms with Crippen LogP contribution in [-0.2, 0) is 5.60 Å². The zero-order valence-corrected chi connectivity index (χ0v) is 9.66. The minimum Gasteiger partial charge on any atom is -0.385 e. The van der Waals surface area contributed by atoms with Gasteiger partial charge in [0.1, 0.15) is 0 Å². The first-order valence-corrected chi connectivity index (χ1v) is 5.92. The molecule has 2 rings (SSSR count). The van der Waals surface area contributed by atoms with E-state index in [-0.39, 0.29) is 0 Å². The van der Waals surface area contributed by atoms with Gasteiger partial charge in [0.15, 0.2) is 0 Å². The summed E-state index contributed by atoms with van der Waals surface area (Å²) >= 11 is 0. The van der Waals surface area contributed by atoms with Gasteiger partial charge in [0.05, 0.1) is 5.60 Å². The van der Waals surface area contributed by atoms with Crippen LogP contribution in [0.15, 0.2) is 24.3 Å². The van der Waals surface area contributed by atoms with Crippen molar-refractivity contribution in [1.29, 1.82) is 0 Å². The van der Waals surface area contributed by atoms with Gasteiger partial charge in [-0.15, -0.1) is 0 Å². The van der Waals surface area contributed by atoms with Crippen molar-refractivity contribution < 1.29 is 5.11 Å². The molecule has 0 aliphatic heterocycles. The van der Waals surface area contributed by atoms with Gasteiger partial charge >= 0.3 is 0 Å². The molecule has 1 N–H and O–H groups in total. The predicted octanol–water partition coefficient (Wildman–Crippen LogP) is 3.39. The fraction of sp³-hybridized carbons (Fsp3) is 0.571. The number of aryl methyl sites for hydroxylation is 1. The Hall–Kier alpha value is -0.820. The van der Waals surface area contributed by atoms with E-state index >= 15 is 0 Å². The van der Waals surface area contributed by atoms with E-state index < -0.39 is 5.60 Å². The zero-order valence-electron chi connectivity index (χ0n) is 9.66. The van der Waals surface area contributed by atoms with Crippen molar-refractivity contribution in [3.05, 3.63) is 35.4 Å². The monoisotopic (exact) mass is 204 g/mol. The largest absolute Gasteiger partial charge is 0.385 e. The average molecular weight is 204 g/mol. The lowest BCUT2D eigenvalue weighted by Crippen LogP contribution is -2.36. The van der Waals surface area contributed by atoms with Crippen molar-refractivity contribution in [3.8, 4) is 0 Å². The lowest BCUT2D eigenvalue weighted by Gasteiger charge is -2.38. The van der Waals surface area contributed by atoms with E-state index in [9.17, 15) is 5.11 Å². The molecule has 1 aromatic carbocycles. The lowest BCUT2D eigenvalue weighted by atomic mass is 9.72. The minimum atomic E-state index is -0.579. The van der Waals surface area contributed by atoms with Crippen LogP contribution in [0, 0.1) is 12.8 Å². The summed E-state index contributed by atoms with van der Waals surface area (Å²) in [4.78, 5) is 0. The van der Waals surface area contributed by atoms with Crippen LogP contribution in [0.5, 0.6) is 0 Å². The Kier molecular flexibility index (Phi) is 2.83. The number of aliphatic hydroxyl groups is 1. The fourth-order valence-corrected chi connectivity index (χ4v) is 2.67. The standard InChI is InChI=1S/C14H20O/c1-11-6-5-8-13(10-11)14(15)9-4-3-7-12(14)2/h5-6,8,10,12,15H,3-4,7,9H2,1-2H3/t12-,14-/m0/s1. The third kappa shape index (κ3) is 1.93. The molecule has 0 aromatic heterocycles. The van der Waals surface area contributed by atoms with Crippen LogP contribution >= 0.6 is 0 Å². The van der Waals surface area contributed by atoms with Gasteiger partial charge in [0, 0.05) is 0 Å². The molecule has 0 spiro atoms. The van der Waals surface area contributed by atoms with Crippen molar-refractivity contribution in [2.75, 3.05) is 0 Å². The highest BCUT2D eigenvalue weighted by atomic mass is 16.3. The number of hydrogen-bond acceptors (Lipinski definition) is 1. The van der Waals surface area contributed by atoms with Gasteiger partial charge < -0.3 is 5.11 Å². The second-order valence-corrected chi connectivity index (χ2v) is 4.94. The maximum absolute atomic E-state index is 10.7. The normalized spacial score (nSPS) is 31.5. The highest BCUT2D eigenvalue weighted by molar-refractivity contribution is 5.28. The highest BCUT2D eigenvalue weighted by Crippen LogP contribution is 2.41. The molecule has 0 unspecified atom stereocenters. The van der Waals surface area contributed by atoms with Crippen LogP contribution in [0.2, 0.25) is 0 Å². The summed E-state index contributed by atoms with van der Waals surface area (Å²) in [5.41, 5.74) is 1.76. The third-order valence-electron chi connectivity index (χ3n) is 3.78. The maximum atomic E-state index is 10.7. The van der Waals surface area contributed by atoms with Gasteiger partial charge in [-0.3, -0.25) is 0 Å². The van der Waals surface area contributed by atoms with Crippen molar-refractivity contribution in [3.63, 3.8) is 0 Å². The first-order valence-electron chi connectivity index (χ1n) is 5.92. The molecule has 1 aromatic rings. The molecular formula is C14H20O. The number of benzene rings is 1. The summed E-state index contributed by atoms with van der Waals surface area (Å²) in [6, 6.07) is 8.32. The average Bonchev–Trinajstić information content (AvgIpc) is 2.23. The molecule has 2 atom stereocenters. The Balaban J connectivity index is 2.34. The molecule has 1 aliphatic rings. The van der Waals surface area contributed by atoms with Crippen LogP contribution in [0.1, 0.15) is 43.7 Å². The molecule has 0 radical (unpaired) electrons. The van der Waals surface area contributed by atoms with Crippen LogP contribution in [0.4, 0.5) is 0 Å². The molecule has 1 fully saturated rings. The summed E-state index contributed by atoms with van der Waals surface area (Å²) in [6.07, 6.45) is 4.46. The smallest absolute Gasteiger partial charge is 0.0922 e. The van der Waals surface area contributed by atoms with E-state index in [1.807, 2.05) is 6.07 Å². The summed E-state index contributed by atoms with van der Waals surface area (Å²) in [7, 11) is 0. The van der Waals surface area contributed by atoms with Crippen molar-refractivity contribution in [1.82, 2.24) is 0 Å². The Morgan fingerprint density at radius 2 is 2.13 bits per heavy atom. The minimum absolute atomic E-state index is 0.382. The molecule has 82 valence electrons. The molecular weight excluding hydrogens is 184 g/mol. The van der Waals surface area contributed by atoms with Gasteiger partial charge in [0.25, 0.3) is 0 Å². The Morgan fingerprint density at radius 3 is 2.80 bits per heavy atom. The first-order chi connectivity index (χ1) is 7.13. The fourth-order valence-electron chi connectivity index (χ4n) is 2.67. The van der Waals surface area contributed by atoms with E-state index in [2.05, 4.69) is 32.0 Å². The van der Waals surface area contributed by atoms with Crippen LogP contribution < -0.4 is 0 Å². The van der Waals surface area contributed by atoms with E-state index in [0.29, 0.717) is 5.92 Å². The Bertz CT molecular complexity index is 345. The van der Waals surface area contributed by atoms with Crippen LogP contribution in [0.3, 0.4) is 0 Å².